The zero-order valence-electron chi connectivity index (χ0n) is 10.6. The van der Waals surface area contributed by atoms with Crippen LogP contribution in [0.3, 0.4) is 0 Å². The number of hydrogen-bond acceptors (Lipinski definition) is 6. The van der Waals surface area contributed by atoms with E-state index in [2.05, 4.69) is 4.98 Å². The summed E-state index contributed by atoms with van der Waals surface area (Å²) in [6, 6.07) is 0. The van der Waals surface area contributed by atoms with Gasteiger partial charge in [0.05, 0.1) is 6.61 Å². The summed E-state index contributed by atoms with van der Waals surface area (Å²) in [6.07, 6.45) is -3.13. The second-order valence-electron chi connectivity index (χ2n) is 4.39. The highest BCUT2D eigenvalue weighted by atomic mass is 19.1. The molecule has 0 amide bonds. The number of hydrogen-bond donors (Lipinski definition) is 2. The van der Waals surface area contributed by atoms with E-state index in [1.807, 2.05) is 0 Å². The molecule has 106 valence electrons. The van der Waals surface area contributed by atoms with Gasteiger partial charge in [-0.2, -0.15) is 4.98 Å². The lowest BCUT2D eigenvalue weighted by Crippen LogP contribution is -2.35. The highest BCUT2D eigenvalue weighted by Gasteiger charge is 2.46. The molecule has 3 N–H and O–H groups in total. The van der Waals surface area contributed by atoms with Crippen LogP contribution >= 0.6 is 0 Å². The summed E-state index contributed by atoms with van der Waals surface area (Å²) >= 11 is 0. The first-order chi connectivity index (χ1) is 8.99. The third-order valence-electron chi connectivity index (χ3n) is 3.17. The van der Waals surface area contributed by atoms with Gasteiger partial charge in [-0.3, -0.25) is 4.57 Å². The molecule has 0 aromatic carbocycles. The van der Waals surface area contributed by atoms with Gasteiger partial charge in [0.2, 0.25) is 0 Å². The molecule has 0 aliphatic carbocycles. The van der Waals surface area contributed by atoms with Crippen LogP contribution in [0, 0.1) is 6.92 Å². The van der Waals surface area contributed by atoms with Crippen molar-refractivity contribution in [3.8, 4) is 0 Å². The van der Waals surface area contributed by atoms with Crippen LogP contribution in [0.5, 0.6) is 0 Å². The third-order valence-corrected chi connectivity index (χ3v) is 3.17. The van der Waals surface area contributed by atoms with Crippen molar-refractivity contribution in [2.45, 2.75) is 31.5 Å². The fraction of sp³-hybridized carbons (Fsp3) is 0.636. The molecular weight excluding hydrogens is 257 g/mol. The first-order valence-corrected chi connectivity index (χ1v) is 5.78. The monoisotopic (exact) mass is 273 g/mol. The molecule has 4 atom stereocenters. The SMILES string of the molecule is COC1C(CO)OC(n2cc(C)c(N)nc2=O)C1F. The first kappa shape index (κ1) is 13.9. The molecular formula is C11H16FN3O4. The van der Waals surface area contributed by atoms with Crippen LogP contribution in [-0.4, -0.2) is 46.8 Å². The Kier molecular flexibility index (Phi) is 3.83. The van der Waals surface area contributed by atoms with Crippen molar-refractivity contribution in [2.24, 2.45) is 0 Å². The Morgan fingerprint density at radius 2 is 2.37 bits per heavy atom. The summed E-state index contributed by atoms with van der Waals surface area (Å²) in [6.45, 7) is 1.25. The maximum atomic E-state index is 14.2. The molecule has 1 aliphatic rings. The Labute approximate surface area is 108 Å². The number of methoxy groups -OCH3 is 1. The minimum Gasteiger partial charge on any atom is -0.394 e. The molecule has 2 rings (SSSR count). The summed E-state index contributed by atoms with van der Waals surface area (Å²) in [5.41, 5.74) is 5.34. The third kappa shape index (κ3) is 2.34. The van der Waals surface area contributed by atoms with Gasteiger partial charge < -0.3 is 20.3 Å². The number of alkyl halides is 1. The number of aliphatic hydroxyl groups excluding tert-OH is 1. The predicted octanol–water partition coefficient (Wildman–Crippen LogP) is -0.623. The second-order valence-corrected chi connectivity index (χ2v) is 4.39. The summed E-state index contributed by atoms with van der Waals surface area (Å²) in [7, 11) is 1.32. The van der Waals surface area contributed by atoms with Gasteiger partial charge >= 0.3 is 5.69 Å². The van der Waals surface area contributed by atoms with Crippen LogP contribution in [0.15, 0.2) is 11.0 Å². The lowest BCUT2D eigenvalue weighted by molar-refractivity contribution is -0.0544. The Morgan fingerprint density at radius 3 is 2.89 bits per heavy atom. The van der Waals surface area contributed by atoms with Crippen LogP contribution in [0.25, 0.3) is 0 Å². The molecule has 1 fully saturated rings. The van der Waals surface area contributed by atoms with Crippen molar-refractivity contribution in [2.75, 3.05) is 19.5 Å². The van der Waals surface area contributed by atoms with E-state index in [9.17, 15) is 9.18 Å². The lowest BCUT2D eigenvalue weighted by atomic mass is 10.1. The van der Waals surface area contributed by atoms with Crippen LogP contribution in [-0.2, 0) is 9.47 Å². The molecule has 0 bridgehead atoms. The van der Waals surface area contributed by atoms with E-state index in [0.717, 1.165) is 4.57 Å². The van der Waals surface area contributed by atoms with E-state index in [-0.39, 0.29) is 5.82 Å². The van der Waals surface area contributed by atoms with Gasteiger partial charge in [0.1, 0.15) is 18.0 Å². The number of halogens is 1. The average Bonchev–Trinajstić information content (AvgIpc) is 2.70. The molecule has 8 heteroatoms. The van der Waals surface area contributed by atoms with Crippen LogP contribution in [0.2, 0.25) is 0 Å². The molecule has 4 unspecified atom stereocenters. The minimum absolute atomic E-state index is 0.0941. The van der Waals surface area contributed by atoms with Gasteiger partial charge in [0.25, 0.3) is 0 Å². The van der Waals surface area contributed by atoms with Gasteiger partial charge in [0, 0.05) is 18.9 Å². The number of aliphatic hydroxyl groups is 1. The predicted molar refractivity (Wildman–Crippen MR) is 64.3 cm³/mol. The van der Waals surface area contributed by atoms with Crippen molar-refractivity contribution in [3.63, 3.8) is 0 Å². The number of aromatic nitrogens is 2. The largest absolute Gasteiger partial charge is 0.394 e. The van der Waals surface area contributed by atoms with Gasteiger partial charge in [-0.05, 0) is 6.92 Å². The summed E-state index contributed by atoms with van der Waals surface area (Å²) in [4.78, 5) is 15.3. The zero-order chi connectivity index (χ0) is 14.2. The quantitative estimate of drug-likeness (QED) is 0.761. The fourth-order valence-corrected chi connectivity index (χ4v) is 2.11. The first-order valence-electron chi connectivity index (χ1n) is 5.78. The van der Waals surface area contributed by atoms with E-state index in [4.69, 9.17) is 20.3 Å². The maximum absolute atomic E-state index is 14.2. The molecule has 0 spiro atoms. The van der Waals surface area contributed by atoms with E-state index >= 15 is 0 Å². The van der Waals surface area contributed by atoms with Gasteiger partial charge in [-0.25, -0.2) is 9.18 Å². The van der Waals surface area contributed by atoms with Gasteiger partial charge in [0.15, 0.2) is 12.4 Å². The number of nitrogens with two attached hydrogens (primary N) is 1. The van der Waals surface area contributed by atoms with Gasteiger partial charge in [-0.15, -0.1) is 0 Å². The molecule has 1 saturated heterocycles. The Balaban J connectivity index is 2.38. The molecule has 0 saturated carbocycles. The molecule has 19 heavy (non-hydrogen) atoms. The van der Waals surface area contributed by atoms with Crippen molar-refractivity contribution < 1.29 is 19.0 Å². The molecule has 2 heterocycles. The normalized spacial score (nSPS) is 30.7. The molecule has 1 aliphatic heterocycles. The summed E-state index contributed by atoms with van der Waals surface area (Å²) in [5.74, 6) is 0.0941. The maximum Gasteiger partial charge on any atom is 0.351 e. The van der Waals surface area contributed by atoms with E-state index in [0.29, 0.717) is 5.56 Å². The topological polar surface area (TPSA) is 99.6 Å². The number of aryl methyl sites for hydroxylation is 1. The van der Waals surface area contributed by atoms with Crippen LogP contribution in [0.1, 0.15) is 11.8 Å². The van der Waals surface area contributed by atoms with E-state index in [1.165, 1.54) is 13.3 Å². The van der Waals surface area contributed by atoms with E-state index < -0.39 is 36.9 Å². The number of anilines is 1. The van der Waals surface area contributed by atoms with E-state index in [1.54, 1.807) is 6.92 Å². The second kappa shape index (κ2) is 5.24. The average molecular weight is 273 g/mol. The standard InChI is InChI=1S/C11H16FN3O4/c1-5-3-15(11(17)14-9(5)13)10-7(12)8(18-2)6(4-16)19-10/h3,6-8,10,16H,4H2,1-2H3,(H2,13,14,17). The molecule has 1 aromatic heterocycles. The highest BCUT2D eigenvalue weighted by molar-refractivity contribution is 5.35. The minimum atomic E-state index is -1.58. The number of rotatable bonds is 3. The van der Waals surface area contributed by atoms with Crippen molar-refractivity contribution in [1.29, 1.82) is 0 Å². The number of nitrogen functional groups attached to an aromatic ring is 1. The lowest BCUT2D eigenvalue weighted by Gasteiger charge is -2.17. The number of ether oxygens (including phenoxy) is 2. The Bertz CT molecular complexity index is 521. The van der Waals surface area contributed by atoms with Crippen molar-refractivity contribution in [1.82, 2.24) is 9.55 Å². The Morgan fingerprint density at radius 1 is 1.68 bits per heavy atom. The van der Waals surface area contributed by atoms with Crippen molar-refractivity contribution in [3.05, 3.63) is 22.2 Å². The summed E-state index contributed by atoms with van der Waals surface area (Å²) < 4.78 is 25.5. The summed E-state index contributed by atoms with van der Waals surface area (Å²) in [5, 5.41) is 9.12. The molecule has 7 nitrogen and oxygen atoms in total. The number of nitrogens with zero attached hydrogens (tertiary/aromatic N) is 2. The van der Waals surface area contributed by atoms with Crippen LogP contribution in [0.4, 0.5) is 10.2 Å². The van der Waals surface area contributed by atoms with Crippen molar-refractivity contribution >= 4 is 5.82 Å². The Hall–Kier alpha value is -1.51. The van der Waals surface area contributed by atoms with Crippen LogP contribution < -0.4 is 11.4 Å². The molecule has 1 aromatic rings. The van der Waals surface area contributed by atoms with Gasteiger partial charge in [-0.1, -0.05) is 0 Å². The highest BCUT2D eigenvalue weighted by Crippen LogP contribution is 2.32. The smallest absolute Gasteiger partial charge is 0.351 e. The zero-order valence-corrected chi connectivity index (χ0v) is 10.6. The molecule has 0 radical (unpaired) electrons. The fourth-order valence-electron chi connectivity index (χ4n) is 2.11.